The molecule has 14 heteroatoms. The number of methoxy groups -OCH3 is 1. The number of benzene rings is 1. The molecule has 53 heavy (non-hydrogen) atoms. The summed E-state index contributed by atoms with van der Waals surface area (Å²) in [4.78, 5) is 40.8. The van der Waals surface area contributed by atoms with E-state index < -0.39 is 11.6 Å². The molecule has 0 saturated heterocycles. The molecule has 0 bridgehead atoms. The minimum atomic E-state index is -0.804. The van der Waals surface area contributed by atoms with Crippen molar-refractivity contribution in [3.63, 3.8) is 0 Å². The maximum absolute atomic E-state index is 16.2. The van der Waals surface area contributed by atoms with Gasteiger partial charge in [-0.2, -0.15) is 5.10 Å². The fourth-order valence-corrected chi connectivity index (χ4v) is 8.06. The highest BCUT2D eigenvalue weighted by Crippen LogP contribution is 2.47. The van der Waals surface area contributed by atoms with Gasteiger partial charge in [0.25, 0.3) is 0 Å². The van der Waals surface area contributed by atoms with Crippen molar-refractivity contribution < 1.29 is 27.8 Å². The van der Waals surface area contributed by atoms with E-state index in [2.05, 4.69) is 17.5 Å². The topological polar surface area (TPSA) is 106 Å². The number of aromatic nitrogens is 4. The molecule has 2 amide bonds. The first kappa shape index (κ1) is 36.3. The predicted octanol–water partition coefficient (Wildman–Crippen LogP) is 6.29. The van der Waals surface area contributed by atoms with Gasteiger partial charge in [-0.25, -0.2) is 13.8 Å². The summed E-state index contributed by atoms with van der Waals surface area (Å²) in [5.74, 6) is -1.71. The molecule has 0 N–H and O–H groups in total. The van der Waals surface area contributed by atoms with Gasteiger partial charge in [0.2, 0.25) is 11.8 Å². The molecule has 5 aromatic rings. The number of pyridine rings is 2. The number of amides is 2. The quantitative estimate of drug-likeness (QED) is 0.122. The number of rotatable bonds is 10. The van der Waals surface area contributed by atoms with Crippen LogP contribution < -0.4 is 4.74 Å². The van der Waals surface area contributed by atoms with E-state index in [1.165, 1.54) is 30.6 Å². The zero-order valence-electron chi connectivity index (χ0n) is 30.4. The summed E-state index contributed by atoms with van der Waals surface area (Å²) in [5, 5.41) is 7.65. The van der Waals surface area contributed by atoms with Crippen molar-refractivity contribution in [2.45, 2.75) is 38.9 Å². The standard InChI is InChI=1S/C39H41F2N7O4S/c1-7-33(49)47-19-22(2)48-31(23(47)3)17-29(44-48)38-35(36-28(41)15-26(40)16-32(36)52-12-11-51-6)27-9-13-53-39(27)37(43-38)25-14-24-8-10-46(20-30(24)42-18-25)21-34(50)45(4)5/h7,9,13-18,22-23H,1,8,10-12,19-21H2,2-6H3/t22-,23+/m0/s1. The van der Waals surface area contributed by atoms with Crippen molar-refractivity contribution >= 4 is 33.2 Å². The van der Waals surface area contributed by atoms with E-state index in [1.54, 1.807) is 30.1 Å². The number of hydrogen-bond acceptors (Lipinski definition) is 9. The largest absolute Gasteiger partial charge is 0.490 e. The molecule has 0 unspecified atom stereocenters. The molecule has 2 aliphatic heterocycles. The molecule has 0 spiro atoms. The number of fused-ring (bicyclic) bond motifs is 3. The lowest BCUT2D eigenvalue weighted by Crippen LogP contribution is -2.42. The van der Waals surface area contributed by atoms with Gasteiger partial charge < -0.3 is 19.3 Å². The van der Waals surface area contributed by atoms with E-state index in [-0.39, 0.29) is 48.4 Å². The molecular weight excluding hydrogens is 701 g/mol. The molecule has 7 rings (SSSR count). The Morgan fingerprint density at radius 2 is 1.92 bits per heavy atom. The minimum absolute atomic E-state index is 0.0177. The summed E-state index contributed by atoms with van der Waals surface area (Å²) in [7, 11) is 5.03. The van der Waals surface area contributed by atoms with E-state index in [1.807, 2.05) is 36.0 Å². The monoisotopic (exact) mass is 741 g/mol. The van der Waals surface area contributed by atoms with Gasteiger partial charge in [0.15, 0.2) is 0 Å². The first-order valence-electron chi connectivity index (χ1n) is 17.4. The van der Waals surface area contributed by atoms with Crippen LogP contribution in [0.5, 0.6) is 5.75 Å². The smallest absolute Gasteiger partial charge is 0.246 e. The van der Waals surface area contributed by atoms with Crippen LogP contribution in [0, 0.1) is 11.6 Å². The molecule has 1 aromatic carbocycles. The second kappa shape index (κ2) is 14.8. The van der Waals surface area contributed by atoms with Gasteiger partial charge in [-0.05, 0) is 55.5 Å². The zero-order valence-corrected chi connectivity index (χ0v) is 31.2. The van der Waals surface area contributed by atoms with E-state index >= 15 is 4.39 Å². The second-order valence-corrected chi connectivity index (χ2v) is 14.6. The molecule has 11 nitrogen and oxygen atoms in total. The Bertz CT molecular complexity index is 2230. The van der Waals surface area contributed by atoms with Crippen molar-refractivity contribution in [2.24, 2.45) is 0 Å². The lowest BCUT2D eigenvalue weighted by atomic mass is 9.94. The Morgan fingerprint density at radius 1 is 1.11 bits per heavy atom. The average Bonchev–Trinajstić information content (AvgIpc) is 3.81. The number of hydrogen-bond donors (Lipinski definition) is 0. The van der Waals surface area contributed by atoms with Gasteiger partial charge in [0.05, 0.1) is 52.6 Å². The lowest BCUT2D eigenvalue weighted by molar-refractivity contribution is -0.130. The number of thiophene rings is 1. The third-order valence-electron chi connectivity index (χ3n) is 9.92. The summed E-state index contributed by atoms with van der Waals surface area (Å²) >= 11 is 1.46. The van der Waals surface area contributed by atoms with E-state index in [0.717, 1.165) is 33.3 Å². The highest BCUT2D eigenvalue weighted by molar-refractivity contribution is 7.17. The van der Waals surface area contributed by atoms with Crippen molar-refractivity contribution in [3.8, 4) is 39.5 Å². The molecule has 0 aliphatic carbocycles. The van der Waals surface area contributed by atoms with Crippen molar-refractivity contribution in [1.82, 2.24) is 34.4 Å². The van der Waals surface area contributed by atoms with Crippen LogP contribution in [0.15, 0.2) is 54.6 Å². The van der Waals surface area contributed by atoms with Crippen LogP contribution in [0.2, 0.25) is 0 Å². The number of nitrogens with zero attached hydrogens (tertiary/aromatic N) is 7. The summed E-state index contributed by atoms with van der Waals surface area (Å²) < 4.78 is 44.8. The van der Waals surface area contributed by atoms with Crippen molar-refractivity contribution in [1.29, 1.82) is 0 Å². The molecular formula is C39H41F2N7O4S. The SMILES string of the molecule is C=CC(=O)N1C[C@H](C)n2nc(-c3nc(-c4cnc5c(c4)CCN(CC(=O)N(C)C)C5)c4sccc4c3-c3c(F)cc(F)cc3OCCOC)cc2[C@H]1C. The first-order valence-corrected chi connectivity index (χ1v) is 18.3. The molecule has 2 atom stereocenters. The van der Waals surface area contributed by atoms with Crippen molar-refractivity contribution in [3.05, 3.63) is 83.1 Å². The maximum Gasteiger partial charge on any atom is 0.246 e. The Kier molecular flexibility index (Phi) is 10.1. The molecule has 276 valence electrons. The van der Waals surface area contributed by atoms with Gasteiger partial charge in [0, 0.05) is 75.7 Å². The van der Waals surface area contributed by atoms with Crippen LogP contribution in [-0.4, -0.2) is 100 Å². The fraction of sp³-hybridized carbons (Fsp3) is 0.359. The van der Waals surface area contributed by atoms with E-state index in [9.17, 15) is 14.0 Å². The van der Waals surface area contributed by atoms with Gasteiger partial charge in [-0.15, -0.1) is 11.3 Å². The fourth-order valence-electron chi connectivity index (χ4n) is 7.14. The number of carbonyl (C=O) groups is 2. The molecule has 4 aromatic heterocycles. The summed E-state index contributed by atoms with van der Waals surface area (Å²) in [5.41, 5.74) is 5.51. The second-order valence-electron chi connectivity index (χ2n) is 13.6. The van der Waals surface area contributed by atoms with Crippen LogP contribution in [0.4, 0.5) is 8.78 Å². The average molecular weight is 742 g/mol. The Hall–Kier alpha value is -5.05. The summed E-state index contributed by atoms with van der Waals surface area (Å²) in [6.45, 7) is 9.90. The Morgan fingerprint density at radius 3 is 2.68 bits per heavy atom. The van der Waals surface area contributed by atoms with Gasteiger partial charge in [0.1, 0.15) is 35.4 Å². The lowest BCUT2D eigenvalue weighted by Gasteiger charge is -2.36. The number of ether oxygens (including phenoxy) is 2. The highest BCUT2D eigenvalue weighted by atomic mass is 32.1. The maximum atomic E-state index is 16.2. The van der Waals surface area contributed by atoms with E-state index in [0.29, 0.717) is 60.6 Å². The Balaban J connectivity index is 1.42. The summed E-state index contributed by atoms with van der Waals surface area (Å²) in [6, 6.07) is 7.42. The van der Waals surface area contributed by atoms with Crippen LogP contribution in [0.3, 0.4) is 0 Å². The van der Waals surface area contributed by atoms with Crippen LogP contribution >= 0.6 is 11.3 Å². The van der Waals surface area contributed by atoms with Crippen LogP contribution in [-0.2, 0) is 27.3 Å². The van der Waals surface area contributed by atoms with Gasteiger partial charge >= 0.3 is 0 Å². The first-order chi connectivity index (χ1) is 25.5. The normalized spacial score (nSPS) is 17.1. The number of likely N-dealkylation sites (N-methyl/N-ethyl adjacent to an activating group) is 1. The molecule has 0 saturated carbocycles. The molecule has 2 aliphatic rings. The van der Waals surface area contributed by atoms with Crippen LogP contribution in [0.1, 0.15) is 42.9 Å². The van der Waals surface area contributed by atoms with Crippen molar-refractivity contribution in [2.75, 3.05) is 54.1 Å². The third-order valence-corrected chi connectivity index (χ3v) is 10.8. The molecule has 0 radical (unpaired) electrons. The van der Waals surface area contributed by atoms with Gasteiger partial charge in [-0.3, -0.25) is 24.2 Å². The number of carbonyl (C=O) groups excluding carboxylic acids is 2. The summed E-state index contributed by atoms with van der Waals surface area (Å²) in [6.07, 6.45) is 3.81. The molecule has 6 heterocycles. The van der Waals surface area contributed by atoms with Gasteiger partial charge in [-0.1, -0.05) is 6.58 Å². The number of halogens is 2. The zero-order chi connectivity index (χ0) is 37.6. The highest BCUT2D eigenvalue weighted by Gasteiger charge is 2.34. The third kappa shape index (κ3) is 6.82. The van der Waals surface area contributed by atoms with E-state index in [4.69, 9.17) is 24.5 Å². The predicted molar refractivity (Wildman–Crippen MR) is 200 cm³/mol. The Labute approximate surface area is 310 Å². The molecule has 0 fully saturated rings. The van der Waals surface area contributed by atoms with Crippen LogP contribution in [0.25, 0.3) is 43.9 Å². The minimum Gasteiger partial charge on any atom is -0.490 e.